The van der Waals surface area contributed by atoms with Crippen molar-refractivity contribution in [1.82, 2.24) is 15.3 Å². The average Bonchev–Trinajstić information content (AvgIpc) is 2.60. The van der Waals surface area contributed by atoms with Crippen LogP contribution in [-0.2, 0) is 16.0 Å². The van der Waals surface area contributed by atoms with Gasteiger partial charge in [-0.3, -0.25) is 14.4 Å². The van der Waals surface area contributed by atoms with Gasteiger partial charge in [-0.15, -0.1) is 6.58 Å². The number of thioether (sulfide) groups is 1. The molecule has 2 amide bonds. The lowest BCUT2D eigenvalue weighted by atomic mass is 10.3. The van der Waals surface area contributed by atoms with E-state index in [0.29, 0.717) is 17.9 Å². The van der Waals surface area contributed by atoms with Crippen molar-refractivity contribution < 1.29 is 14.0 Å². The molecule has 0 unspecified atom stereocenters. The monoisotopic (exact) mass is 376 g/mol. The molecule has 136 valence electrons. The number of amides is 2. The lowest BCUT2D eigenvalue weighted by Crippen LogP contribution is -2.26. The molecule has 2 aromatic rings. The molecule has 0 saturated heterocycles. The predicted octanol–water partition coefficient (Wildman–Crippen LogP) is 1.48. The molecule has 2 rings (SSSR count). The zero-order valence-corrected chi connectivity index (χ0v) is 14.6. The average molecular weight is 376 g/mol. The molecular formula is C17H17FN4O3S. The van der Waals surface area contributed by atoms with Gasteiger partial charge in [-0.1, -0.05) is 17.8 Å². The summed E-state index contributed by atoms with van der Waals surface area (Å²) in [5, 5.41) is 5.43. The molecule has 7 nitrogen and oxygen atoms in total. The zero-order valence-electron chi connectivity index (χ0n) is 13.8. The van der Waals surface area contributed by atoms with Crippen molar-refractivity contribution in [3.8, 4) is 0 Å². The Balaban J connectivity index is 1.93. The summed E-state index contributed by atoms with van der Waals surface area (Å²) in [6.07, 6.45) is 1.50. The van der Waals surface area contributed by atoms with Crippen molar-refractivity contribution >= 4 is 29.3 Å². The van der Waals surface area contributed by atoms with Gasteiger partial charge < -0.3 is 15.6 Å². The minimum Gasteiger partial charge on any atom is -0.352 e. The molecule has 0 aliphatic rings. The van der Waals surface area contributed by atoms with Gasteiger partial charge in [-0.2, -0.15) is 0 Å². The maximum absolute atomic E-state index is 12.8. The Morgan fingerprint density at radius 2 is 2.00 bits per heavy atom. The van der Waals surface area contributed by atoms with Crippen LogP contribution < -0.4 is 16.2 Å². The largest absolute Gasteiger partial charge is 0.352 e. The third kappa shape index (κ3) is 6.52. The Labute approximate surface area is 153 Å². The highest BCUT2D eigenvalue weighted by Crippen LogP contribution is 2.13. The summed E-state index contributed by atoms with van der Waals surface area (Å²) >= 11 is 1.02. The lowest BCUT2D eigenvalue weighted by molar-refractivity contribution is -0.120. The fraction of sp³-hybridized carbons (Fsp3) is 0.176. The van der Waals surface area contributed by atoms with Gasteiger partial charge in [0.2, 0.25) is 11.8 Å². The van der Waals surface area contributed by atoms with Gasteiger partial charge in [-0.25, -0.2) is 9.37 Å². The molecule has 0 bridgehead atoms. The molecule has 0 atom stereocenters. The molecule has 0 aliphatic heterocycles. The van der Waals surface area contributed by atoms with E-state index in [1.807, 2.05) is 0 Å². The maximum Gasteiger partial charge on any atom is 0.251 e. The first-order chi connectivity index (χ1) is 12.5. The van der Waals surface area contributed by atoms with E-state index < -0.39 is 11.4 Å². The maximum atomic E-state index is 12.8. The number of rotatable bonds is 8. The fourth-order valence-corrected chi connectivity index (χ4v) is 2.61. The summed E-state index contributed by atoms with van der Waals surface area (Å²) in [5.74, 6) is -1.02. The minimum absolute atomic E-state index is 0.00751. The van der Waals surface area contributed by atoms with E-state index in [2.05, 4.69) is 27.2 Å². The number of hydrogen-bond acceptors (Lipinski definition) is 5. The van der Waals surface area contributed by atoms with Crippen molar-refractivity contribution in [2.45, 2.75) is 11.6 Å². The fourth-order valence-electron chi connectivity index (χ4n) is 1.92. The van der Waals surface area contributed by atoms with Gasteiger partial charge in [0.1, 0.15) is 5.82 Å². The van der Waals surface area contributed by atoms with Crippen molar-refractivity contribution in [2.75, 3.05) is 17.6 Å². The van der Waals surface area contributed by atoms with Crippen LogP contribution in [0.25, 0.3) is 0 Å². The number of carbonyl (C=O) groups is 2. The van der Waals surface area contributed by atoms with E-state index in [1.54, 1.807) is 6.08 Å². The Kier molecular flexibility index (Phi) is 7.10. The predicted molar refractivity (Wildman–Crippen MR) is 97.5 cm³/mol. The van der Waals surface area contributed by atoms with Crippen LogP contribution >= 0.6 is 11.8 Å². The van der Waals surface area contributed by atoms with Crippen LogP contribution in [0.3, 0.4) is 0 Å². The molecule has 1 heterocycles. The summed E-state index contributed by atoms with van der Waals surface area (Å²) in [6.45, 7) is 3.82. The first kappa shape index (κ1) is 19.4. The number of carbonyl (C=O) groups excluding carboxylic acids is 2. The Bertz CT molecular complexity index is 852. The van der Waals surface area contributed by atoms with E-state index in [-0.39, 0.29) is 29.1 Å². The number of aromatic nitrogens is 2. The molecule has 0 aliphatic carbocycles. The highest BCUT2D eigenvalue weighted by Gasteiger charge is 2.09. The summed E-state index contributed by atoms with van der Waals surface area (Å²) in [4.78, 5) is 42.0. The Hall–Kier alpha value is -2.94. The van der Waals surface area contributed by atoms with Gasteiger partial charge in [0.15, 0.2) is 5.16 Å². The van der Waals surface area contributed by atoms with E-state index >= 15 is 0 Å². The van der Waals surface area contributed by atoms with Crippen molar-refractivity contribution in [1.29, 1.82) is 0 Å². The molecule has 26 heavy (non-hydrogen) atoms. The van der Waals surface area contributed by atoms with Crippen molar-refractivity contribution in [2.24, 2.45) is 0 Å². The van der Waals surface area contributed by atoms with Gasteiger partial charge >= 0.3 is 0 Å². The quantitative estimate of drug-likeness (QED) is 0.368. The number of benzene rings is 1. The van der Waals surface area contributed by atoms with Crippen molar-refractivity contribution in [3.63, 3.8) is 0 Å². The molecule has 0 saturated carbocycles. The number of nitrogens with one attached hydrogen (secondary N) is 3. The van der Waals surface area contributed by atoms with E-state index in [1.165, 1.54) is 30.3 Å². The van der Waals surface area contributed by atoms with Crippen LogP contribution in [0.4, 0.5) is 10.1 Å². The molecule has 1 aromatic heterocycles. The molecule has 1 aromatic carbocycles. The first-order valence-corrected chi connectivity index (χ1v) is 8.61. The van der Waals surface area contributed by atoms with Gasteiger partial charge in [-0.05, 0) is 24.3 Å². The molecule has 0 radical (unpaired) electrons. The SMILES string of the molecule is C=CCNC(=O)Cc1cc(=O)[nH]c(SCC(=O)Nc2ccc(F)cc2)n1. The minimum atomic E-state index is -0.409. The highest BCUT2D eigenvalue weighted by atomic mass is 32.2. The second-order valence-corrected chi connectivity index (χ2v) is 6.12. The summed E-state index contributed by atoms with van der Waals surface area (Å²) in [6, 6.07) is 6.60. The second-order valence-electron chi connectivity index (χ2n) is 5.16. The van der Waals surface area contributed by atoms with Gasteiger partial charge in [0, 0.05) is 18.3 Å². The number of anilines is 1. The molecular weight excluding hydrogens is 359 g/mol. The third-order valence-corrected chi connectivity index (χ3v) is 3.90. The van der Waals surface area contributed by atoms with Crippen LogP contribution in [0, 0.1) is 5.82 Å². The van der Waals surface area contributed by atoms with Crippen molar-refractivity contribution in [3.05, 3.63) is 64.9 Å². The van der Waals surface area contributed by atoms with Crippen LogP contribution in [0.2, 0.25) is 0 Å². The van der Waals surface area contributed by atoms with Crippen LogP contribution in [-0.4, -0.2) is 34.1 Å². The standard InChI is InChI=1S/C17H17FN4O3S/c1-2-7-19-14(23)8-13-9-15(24)22-17(21-13)26-10-16(25)20-12-5-3-11(18)4-6-12/h2-6,9H,1,7-8,10H2,(H,19,23)(H,20,25)(H,21,22,24). The Morgan fingerprint density at radius 3 is 2.69 bits per heavy atom. The highest BCUT2D eigenvalue weighted by molar-refractivity contribution is 7.99. The molecule has 0 fully saturated rings. The zero-order chi connectivity index (χ0) is 18.9. The normalized spacial score (nSPS) is 10.2. The second kappa shape index (κ2) is 9.52. The van der Waals surface area contributed by atoms with Crippen LogP contribution in [0.5, 0.6) is 0 Å². The van der Waals surface area contributed by atoms with Crippen LogP contribution in [0.1, 0.15) is 5.69 Å². The molecule has 0 spiro atoms. The lowest BCUT2D eigenvalue weighted by Gasteiger charge is -2.06. The number of hydrogen-bond donors (Lipinski definition) is 3. The summed E-state index contributed by atoms with van der Waals surface area (Å²) in [5.41, 5.74) is 0.357. The van der Waals surface area contributed by atoms with Crippen LogP contribution in [0.15, 0.2) is 52.9 Å². The number of aromatic amines is 1. The molecule has 9 heteroatoms. The van der Waals surface area contributed by atoms with E-state index in [4.69, 9.17) is 0 Å². The third-order valence-electron chi connectivity index (χ3n) is 3.03. The Morgan fingerprint density at radius 1 is 1.27 bits per heavy atom. The molecule has 3 N–H and O–H groups in total. The van der Waals surface area contributed by atoms with E-state index in [0.717, 1.165) is 11.8 Å². The summed E-state index contributed by atoms with van der Waals surface area (Å²) in [7, 11) is 0. The summed E-state index contributed by atoms with van der Waals surface area (Å²) < 4.78 is 12.8. The first-order valence-electron chi connectivity index (χ1n) is 7.62. The van der Waals surface area contributed by atoms with Gasteiger partial charge in [0.05, 0.1) is 17.9 Å². The number of halogens is 1. The number of nitrogens with zero attached hydrogens (tertiary/aromatic N) is 1. The topological polar surface area (TPSA) is 104 Å². The number of H-pyrrole nitrogens is 1. The van der Waals surface area contributed by atoms with Gasteiger partial charge in [0.25, 0.3) is 5.56 Å². The van der Waals surface area contributed by atoms with E-state index in [9.17, 15) is 18.8 Å². The smallest absolute Gasteiger partial charge is 0.251 e.